The van der Waals surface area contributed by atoms with Gasteiger partial charge in [-0.05, 0) is 36.5 Å². The van der Waals surface area contributed by atoms with Crippen LogP contribution in [0.15, 0.2) is 24.3 Å². The SMILES string of the molecule is COc1ccc([C@H]2[C@@H]3CN(C4CCOCC4)C[C@@H]3CN2C(C)=O)cc1. The lowest BCUT2D eigenvalue weighted by atomic mass is 9.89. The second-order valence-corrected chi connectivity index (χ2v) is 7.61. The van der Waals surface area contributed by atoms with Crippen molar-refractivity contribution < 1.29 is 14.3 Å². The number of nitrogens with zero attached hydrogens (tertiary/aromatic N) is 2. The number of amides is 1. The monoisotopic (exact) mass is 344 g/mol. The van der Waals surface area contributed by atoms with Gasteiger partial charge in [-0.25, -0.2) is 0 Å². The van der Waals surface area contributed by atoms with Gasteiger partial charge in [0.25, 0.3) is 0 Å². The Morgan fingerprint density at radius 1 is 1.12 bits per heavy atom. The third kappa shape index (κ3) is 3.15. The summed E-state index contributed by atoms with van der Waals surface area (Å²) in [6.45, 7) is 6.57. The van der Waals surface area contributed by atoms with E-state index in [4.69, 9.17) is 9.47 Å². The summed E-state index contributed by atoms with van der Waals surface area (Å²) in [7, 11) is 1.69. The number of fused-ring (bicyclic) bond motifs is 1. The Morgan fingerprint density at radius 3 is 2.48 bits per heavy atom. The predicted octanol–water partition coefficient (Wildman–Crippen LogP) is 2.33. The molecule has 1 amide bonds. The standard InChI is InChI=1S/C20H28N2O3/c1-14(23)22-12-16-11-21(17-7-9-25-10-8-17)13-19(16)20(22)15-3-5-18(24-2)6-4-15/h3-6,16-17,19-20H,7-13H2,1-2H3/t16-,19-,20+/m1/s1. The average Bonchev–Trinajstić information content (AvgIpc) is 3.20. The minimum atomic E-state index is 0.188. The molecule has 0 radical (unpaired) electrons. The molecule has 3 aliphatic heterocycles. The van der Waals surface area contributed by atoms with E-state index < -0.39 is 0 Å². The molecule has 5 heteroatoms. The van der Waals surface area contributed by atoms with Crippen molar-refractivity contribution in [3.63, 3.8) is 0 Å². The van der Waals surface area contributed by atoms with E-state index in [1.54, 1.807) is 14.0 Å². The molecular weight excluding hydrogens is 316 g/mol. The highest BCUT2D eigenvalue weighted by Crippen LogP contribution is 2.46. The van der Waals surface area contributed by atoms with Crippen LogP contribution in [0.25, 0.3) is 0 Å². The number of methoxy groups -OCH3 is 1. The lowest BCUT2D eigenvalue weighted by Crippen LogP contribution is -2.41. The Morgan fingerprint density at radius 2 is 1.84 bits per heavy atom. The van der Waals surface area contributed by atoms with Crippen molar-refractivity contribution in [1.29, 1.82) is 0 Å². The average molecular weight is 344 g/mol. The van der Waals surface area contributed by atoms with Crippen molar-refractivity contribution in [3.05, 3.63) is 29.8 Å². The highest BCUT2D eigenvalue weighted by Gasteiger charge is 2.49. The van der Waals surface area contributed by atoms with Crippen molar-refractivity contribution in [2.45, 2.75) is 31.8 Å². The van der Waals surface area contributed by atoms with Crippen LogP contribution in [0, 0.1) is 11.8 Å². The summed E-state index contributed by atoms with van der Waals surface area (Å²) in [4.78, 5) is 17.0. The molecule has 0 aromatic heterocycles. The fourth-order valence-corrected chi connectivity index (χ4v) is 4.98. The minimum absolute atomic E-state index is 0.188. The molecule has 3 saturated heterocycles. The highest BCUT2D eigenvalue weighted by atomic mass is 16.5. The van der Waals surface area contributed by atoms with Crippen LogP contribution in [-0.4, -0.2) is 61.7 Å². The van der Waals surface area contributed by atoms with Gasteiger partial charge in [-0.1, -0.05) is 12.1 Å². The Kier molecular flexibility index (Phi) is 4.69. The smallest absolute Gasteiger partial charge is 0.219 e. The van der Waals surface area contributed by atoms with Gasteiger partial charge in [0.05, 0.1) is 13.2 Å². The van der Waals surface area contributed by atoms with Gasteiger partial charge in [-0.3, -0.25) is 9.69 Å². The van der Waals surface area contributed by atoms with Gasteiger partial charge in [0, 0.05) is 51.7 Å². The van der Waals surface area contributed by atoms with Gasteiger partial charge in [0.2, 0.25) is 5.91 Å². The van der Waals surface area contributed by atoms with E-state index in [2.05, 4.69) is 21.9 Å². The maximum Gasteiger partial charge on any atom is 0.219 e. The molecule has 1 aromatic carbocycles. The molecule has 0 spiro atoms. The molecule has 25 heavy (non-hydrogen) atoms. The van der Waals surface area contributed by atoms with E-state index in [0.717, 1.165) is 51.4 Å². The zero-order chi connectivity index (χ0) is 17.4. The molecule has 0 saturated carbocycles. The summed E-state index contributed by atoms with van der Waals surface area (Å²) in [6, 6.07) is 9.11. The van der Waals surface area contributed by atoms with Crippen LogP contribution in [0.2, 0.25) is 0 Å². The number of carbonyl (C=O) groups is 1. The molecule has 0 N–H and O–H groups in total. The maximum absolute atomic E-state index is 12.2. The van der Waals surface area contributed by atoms with Crippen LogP contribution in [-0.2, 0) is 9.53 Å². The summed E-state index contributed by atoms with van der Waals surface area (Å²) in [5.41, 5.74) is 1.23. The van der Waals surface area contributed by atoms with Crippen LogP contribution in [0.4, 0.5) is 0 Å². The van der Waals surface area contributed by atoms with Crippen molar-refractivity contribution >= 4 is 5.91 Å². The minimum Gasteiger partial charge on any atom is -0.497 e. The topological polar surface area (TPSA) is 42.0 Å². The van der Waals surface area contributed by atoms with Crippen LogP contribution >= 0.6 is 0 Å². The first-order valence-corrected chi connectivity index (χ1v) is 9.40. The molecule has 3 atom stereocenters. The first kappa shape index (κ1) is 16.9. The molecule has 1 aromatic rings. The molecular formula is C20H28N2O3. The van der Waals surface area contributed by atoms with Gasteiger partial charge in [0.15, 0.2) is 0 Å². The molecule has 3 aliphatic rings. The summed E-state index contributed by atoms with van der Waals surface area (Å²) in [5.74, 6) is 2.16. The molecule has 5 nitrogen and oxygen atoms in total. The van der Waals surface area contributed by atoms with E-state index in [1.165, 1.54) is 5.56 Å². The van der Waals surface area contributed by atoms with E-state index in [-0.39, 0.29) is 11.9 Å². The van der Waals surface area contributed by atoms with Crippen molar-refractivity contribution in [3.8, 4) is 5.75 Å². The van der Waals surface area contributed by atoms with E-state index in [0.29, 0.717) is 17.9 Å². The van der Waals surface area contributed by atoms with Gasteiger partial charge < -0.3 is 14.4 Å². The fraction of sp³-hybridized carbons (Fsp3) is 0.650. The number of likely N-dealkylation sites (tertiary alicyclic amines) is 2. The van der Waals surface area contributed by atoms with E-state index in [1.807, 2.05) is 12.1 Å². The first-order valence-electron chi connectivity index (χ1n) is 9.40. The zero-order valence-corrected chi connectivity index (χ0v) is 15.2. The van der Waals surface area contributed by atoms with Crippen molar-refractivity contribution in [2.24, 2.45) is 11.8 Å². The van der Waals surface area contributed by atoms with E-state index >= 15 is 0 Å². The van der Waals surface area contributed by atoms with Crippen LogP contribution in [0.3, 0.4) is 0 Å². The van der Waals surface area contributed by atoms with Crippen molar-refractivity contribution in [2.75, 3.05) is 40.0 Å². The molecule has 136 valence electrons. The maximum atomic E-state index is 12.2. The second-order valence-electron chi connectivity index (χ2n) is 7.61. The van der Waals surface area contributed by atoms with Gasteiger partial charge in [0.1, 0.15) is 5.75 Å². The number of hydrogen-bond donors (Lipinski definition) is 0. The Hall–Kier alpha value is -1.59. The Bertz CT molecular complexity index is 612. The number of ether oxygens (including phenoxy) is 2. The number of hydrogen-bond acceptors (Lipinski definition) is 4. The summed E-state index contributed by atoms with van der Waals surface area (Å²) >= 11 is 0. The molecule has 0 unspecified atom stereocenters. The van der Waals surface area contributed by atoms with Crippen LogP contribution < -0.4 is 4.74 Å². The summed E-state index contributed by atoms with van der Waals surface area (Å²) in [5, 5.41) is 0. The molecule has 0 aliphatic carbocycles. The predicted molar refractivity (Wildman–Crippen MR) is 95.5 cm³/mol. The zero-order valence-electron chi connectivity index (χ0n) is 15.2. The summed E-state index contributed by atoms with van der Waals surface area (Å²) in [6.07, 6.45) is 2.28. The quantitative estimate of drug-likeness (QED) is 0.844. The Labute approximate surface area is 149 Å². The second kappa shape index (κ2) is 6.96. The van der Waals surface area contributed by atoms with Crippen LogP contribution in [0.5, 0.6) is 5.75 Å². The number of benzene rings is 1. The van der Waals surface area contributed by atoms with Crippen molar-refractivity contribution in [1.82, 2.24) is 9.80 Å². The lowest BCUT2D eigenvalue weighted by molar-refractivity contribution is -0.130. The van der Waals surface area contributed by atoms with Gasteiger partial charge in [-0.15, -0.1) is 0 Å². The van der Waals surface area contributed by atoms with Gasteiger partial charge in [-0.2, -0.15) is 0 Å². The molecule has 0 bridgehead atoms. The number of rotatable bonds is 3. The number of carbonyl (C=O) groups excluding carboxylic acids is 1. The lowest BCUT2D eigenvalue weighted by Gasteiger charge is -2.34. The molecule has 4 rings (SSSR count). The van der Waals surface area contributed by atoms with E-state index in [9.17, 15) is 4.79 Å². The summed E-state index contributed by atoms with van der Waals surface area (Å²) < 4.78 is 10.8. The first-order chi connectivity index (χ1) is 12.2. The van der Waals surface area contributed by atoms with Crippen LogP contribution in [0.1, 0.15) is 31.4 Å². The fourth-order valence-electron chi connectivity index (χ4n) is 4.98. The largest absolute Gasteiger partial charge is 0.497 e. The molecule has 3 heterocycles. The Balaban J connectivity index is 1.55. The normalized spacial score (nSPS) is 30.5. The third-order valence-electron chi connectivity index (χ3n) is 6.26. The third-order valence-corrected chi connectivity index (χ3v) is 6.26. The van der Waals surface area contributed by atoms with Gasteiger partial charge >= 0.3 is 0 Å². The highest BCUT2D eigenvalue weighted by molar-refractivity contribution is 5.74. The molecule has 3 fully saturated rings.